The number of methoxy groups -OCH3 is 1. The van der Waals surface area contributed by atoms with Gasteiger partial charge in [0.1, 0.15) is 5.69 Å². The Kier molecular flexibility index (Phi) is 5.36. The van der Waals surface area contributed by atoms with E-state index in [0.717, 1.165) is 19.5 Å². The van der Waals surface area contributed by atoms with Crippen LogP contribution in [0.15, 0.2) is 41.7 Å². The van der Waals surface area contributed by atoms with Crippen molar-refractivity contribution in [3.63, 3.8) is 0 Å². The first-order valence-electron chi connectivity index (χ1n) is 8.74. The van der Waals surface area contributed by atoms with E-state index in [4.69, 9.17) is 27.2 Å². The molecule has 0 radical (unpaired) electrons. The first-order chi connectivity index (χ1) is 15.1. The van der Waals surface area contributed by atoms with Crippen LogP contribution in [-0.4, -0.2) is 35.5 Å². The van der Waals surface area contributed by atoms with E-state index >= 15 is 4.39 Å². The highest BCUT2D eigenvalue weighted by Gasteiger charge is 2.29. The lowest BCUT2D eigenvalue weighted by Gasteiger charge is -2.15. The molecule has 0 bridgehead atoms. The molecule has 3 aromatic heterocycles. The first kappa shape index (κ1) is 21.7. The van der Waals surface area contributed by atoms with E-state index in [1.807, 2.05) is 0 Å². The normalized spacial score (nSPS) is 11.7. The van der Waals surface area contributed by atoms with Gasteiger partial charge in [0, 0.05) is 17.1 Å². The first-order valence-corrected chi connectivity index (χ1v) is 10.7. The average Bonchev–Trinajstić information content (AvgIpc) is 2.73. The van der Waals surface area contributed by atoms with Crippen molar-refractivity contribution in [2.24, 2.45) is 5.14 Å². The Morgan fingerprint density at radius 3 is 2.50 bits per heavy atom. The van der Waals surface area contributed by atoms with Gasteiger partial charge in [-0.25, -0.2) is 42.3 Å². The van der Waals surface area contributed by atoms with Crippen LogP contribution in [0.3, 0.4) is 0 Å². The van der Waals surface area contributed by atoms with Gasteiger partial charge >= 0.3 is 0 Å². The maximum atomic E-state index is 15.6. The van der Waals surface area contributed by atoms with Gasteiger partial charge in [0.25, 0.3) is 0 Å². The number of fused-ring (bicyclic) bond motifs is 1. The Bertz CT molecular complexity index is 1500. The van der Waals surface area contributed by atoms with Crippen molar-refractivity contribution in [3.05, 3.63) is 53.4 Å². The predicted molar refractivity (Wildman–Crippen MR) is 113 cm³/mol. The van der Waals surface area contributed by atoms with Crippen LogP contribution in [0.25, 0.3) is 33.3 Å². The monoisotopic (exact) mass is 478 g/mol. The molecule has 4 aromatic rings. The molecule has 4 rings (SSSR count). The van der Waals surface area contributed by atoms with Crippen LogP contribution < -0.4 is 15.6 Å². The highest BCUT2D eigenvalue weighted by Crippen LogP contribution is 2.40. The van der Waals surface area contributed by atoms with Gasteiger partial charge in [-0.2, -0.15) is 0 Å². The van der Waals surface area contributed by atoms with Crippen molar-refractivity contribution in [3.8, 4) is 28.3 Å². The molecule has 3 heterocycles. The van der Waals surface area contributed by atoms with Gasteiger partial charge in [0.05, 0.1) is 35.6 Å². The molecule has 0 saturated carbocycles. The van der Waals surface area contributed by atoms with E-state index in [1.54, 1.807) is 0 Å². The van der Waals surface area contributed by atoms with E-state index in [1.165, 1.54) is 24.4 Å². The van der Waals surface area contributed by atoms with Crippen molar-refractivity contribution in [1.29, 1.82) is 0 Å². The smallest absolute Gasteiger partial charge is 0.244 e. The lowest BCUT2D eigenvalue weighted by molar-refractivity contribution is 0.385. The molecule has 0 atom stereocenters. The molecule has 0 saturated heterocycles. The van der Waals surface area contributed by atoms with Crippen molar-refractivity contribution in [2.75, 3.05) is 12.8 Å². The maximum Gasteiger partial charge on any atom is 0.244 e. The van der Waals surface area contributed by atoms with Gasteiger partial charge in [0.2, 0.25) is 21.9 Å². The minimum Gasteiger partial charge on any atom is -0.480 e. The number of pyridine rings is 2. The van der Waals surface area contributed by atoms with Crippen LogP contribution in [0.5, 0.6) is 5.88 Å². The van der Waals surface area contributed by atoms with E-state index in [0.29, 0.717) is 10.9 Å². The largest absolute Gasteiger partial charge is 0.480 e. The Morgan fingerprint density at radius 1 is 1.06 bits per heavy atom. The highest BCUT2D eigenvalue weighted by atomic mass is 35.5. The van der Waals surface area contributed by atoms with Crippen molar-refractivity contribution in [1.82, 2.24) is 19.9 Å². The summed E-state index contributed by atoms with van der Waals surface area (Å²) in [7, 11) is -3.33. The second-order valence-electron chi connectivity index (χ2n) is 6.51. The van der Waals surface area contributed by atoms with Crippen LogP contribution in [0.2, 0.25) is 5.02 Å². The summed E-state index contributed by atoms with van der Waals surface area (Å²) in [4.78, 5) is 14.7. The lowest BCUT2D eigenvalue weighted by atomic mass is 10.0. The van der Waals surface area contributed by atoms with Crippen LogP contribution in [0.1, 0.15) is 0 Å². The number of rotatable bonds is 4. The van der Waals surface area contributed by atoms with Crippen molar-refractivity contribution in [2.45, 2.75) is 4.90 Å². The van der Waals surface area contributed by atoms with Crippen molar-refractivity contribution >= 4 is 38.5 Å². The van der Waals surface area contributed by atoms with Gasteiger partial charge < -0.3 is 10.5 Å². The zero-order valence-corrected chi connectivity index (χ0v) is 17.7. The van der Waals surface area contributed by atoms with Gasteiger partial charge in [-0.3, -0.25) is 0 Å². The van der Waals surface area contributed by atoms with Gasteiger partial charge in [-0.05, 0) is 17.7 Å². The number of benzene rings is 1. The number of nitrogen functional groups attached to an aromatic ring is 1. The number of primary sulfonamides is 1. The Labute approximate surface area is 185 Å². The van der Waals surface area contributed by atoms with E-state index < -0.39 is 49.3 Å². The van der Waals surface area contributed by atoms with E-state index in [-0.39, 0.29) is 16.5 Å². The van der Waals surface area contributed by atoms with E-state index in [9.17, 15) is 12.8 Å². The number of sulfonamides is 1. The summed E-state index contributed by atoms with van der Waals surface area (Å²) >= 11 is 6.14. The molecular formula is C19H13ClF2N6O3S. The van der Waals surface area contributed by atoms with Crippen LogP contribution >= 0.6 is 11.6 Å². The molecule has 0 aliphatic carbocycles. The minimum absolute atomic E-state index is 0.0469. The fourth-order valence-corrected chi connectivity index (χ4v) is 4.35. The number of nitrogens with two attached hydrogens (primary N) is 2. The van der Waals surface area contributed by atoms with Gasteiger partial charge in [-0.15, -0.1) is 0 Å². The van der Waals surface area contributed by atoms with Crippen LogP contribution in [-0.2, 0) is 10.0 Å². The van der Waals surface area contributed by atoms with E-state index in [2.05, 4.69) is 19.9 Å². The zero-order valence-electron chi connectivity index (χ0n) is 16.2. The molecule has 1 aromatic carbocycles. The molecule has 13 heteroatoms. The number of anilines is 1. The lowest BCUT2D eigenvalue weighted by Crippen LogP contribution is -2.16. The number of nitrogens with zero attached hydrogens (tertiary/aromatic N) is 4. The topological polar surface area (TPSA) is 147 Å². The molecule has 9 nitrogen and oxygen atoms in total. The molecule has 0 unspecified atom stereocenters. The van der Waals surface area contributed by atoms with Crippen LogP contribution in [0, 0.1) is 11.6 Å². The number of halogens is 3. The van der Waals surface area contributed by atoms with Gasteiger partial charge in [0.15, 0.2) is 16.5 Å². The molecule has 0 fully saturated rings. The molecule has 0 amide bonds. The third kappa shape index (κ3) is 3.68. The Balaban J connectivity index is 2.02. The number of aromatic nitrogens is 4. The molecule has 4 N–H and O–H groups in total. The average molecular weight is 479 g/mol. The summed E-state index contributed by atoms with van der Waals surface area (Å²) in [5.74, 6) is -2.53. The number of ether oxygens (including phenoxy) is 1. The summed E-state index contributed by atoms with van der Waals surface area (Å²) in [6.07, 6.45) is 3.20. The second kappa shape index (κ2) is 7.89. The minimum atomic E-state index is -4.48. The predicted octanol–water partition coefficient (Wildman–Crippen LogP) is 2.92. The number of hydrogen-bond acceptors (Lipinski definition) is 8. The maximum absolute atomic E-state index is 15.6. The highest BCUT2D eigenvalue weighted by molar-refractivity contribution is 7.89. The third-order valence-electron chi connectivity index (χ3n) is 4.53. The summed E-state index contributed by atoms with van der Waals surface area (Å²) in [6.45, 7) is 0. The molecular weight excluding hydrogens is 466 g/mol. The molecule has 0 spiro atoms. The second-order valence-corrected chi connectivity index (χ2v) is 8.42. The standard InChI is InChI=1S/C19H13ClF2N6O3S/c1-31-18-17(32(24,29)30)14(10(20)6-26-18)16-15(22)13(11(21)7-25-16)8-2-3-12-9(4-8)5-27-19(23)28-12/h2-7H,1H3,(H2,23,27,28)(H2,24,29,30). The summed E-state index contributed by atoms with van der Waals surface area (Å²) < 4.78 is 59.7. The summed E-state index contributed by atoms with van der Waals surface area (Å²) in [5, 5.41) is 5.49. The fourth-order valence-electron chi connectivity index (χ4n) is 3.19. The molecule has 0 aliphatic heterocycles. The SMILES string of the molecule is COc1ncc(Cl)c(-c2ncc(F)c(-c3ccc4nc(N)ncc4c3)c2F)c1S(N)(=O)=O. The van der Waals surface area contributed by atoms with Crippen molar-refractivity contribution < 1.29 is 21.9 Å². The Morgan fingerprint density at radius 2 is 1.81 bits per heavy atom. The van der Waals surface area contributed by atoms with Gasteiger partial charge in [-0.1, -0.05) is 17.7 Å². The third-order valence-corrected chi connectivity index (χ3v) is 5.76. The Hall–Kier alpha value is -3.48. The quantitative estimate of drug-likeness (QED) is 0.455. The molecule has 164 valence electrons. The summed E-state index contributed by atoms with van der Waals surface area (Å²) in [6, 6.07) is 4.39. The summed E-state index contributed by atoms with van der Waals surface area (Å²) in [5.41, 5.74) is 4.72. The molecule has 32 heavy (non-hydrogen) atoms. The van der Waals surface area contributed by atoms with Crippen LogP contribution in [0.4, 0.5) is 14.7 Å². The zero-order chi connectivity index (χ0) is 23.2. The fraction of sp³-hybridized carbons (Fsp3) is 0.0526. The molecule has 0 aliphatic rings. The number of hydrogen-bond donors (Lipinski definition) is 2.